The first-order valence-corrected chi connectivity index (χ1v) is 16.2. The number of rotatable bonds is 5. The molecule has 0 saturated carbocycles. The van der Waals surface area contributed by atoms with Crippen molar-refractivity contribution in [3.8, 4) is 22.3 Å². The van der Waals surface area contributed by atoms with Crippen LogP contribution >= 0.6 is 0 Å². The minimum Gasteiger partial charge on any atom is -0.310 e. The fourth-order valence-electron chi connectivity index (χ4n) is 7.17. The third-order valence-corrected chi connectivity index (χ3v) is 9.44. The normalized spacial score (nSPS) is 11.4. The van der Waals surface area contributed by atoms with E-state index in [1.165, 1.54) is 65.3 Å². The number of fused-ring (bicyclic) bond motifs is 5. The van der Waals surface area contributed by atoms with Gasteiger partial charge in [-0.3, -0.25) is 0 Å². The zero-order valence-corrected chi connectivity index (χ0v) is 25.8. The molecule has 0 heterocycles. The highest BCUT2D eigenvalue weighted by Gasteiger charge is 2.18. The first kappa shape index (κ1) is 27.2. The molecule has 0 N–H and O–H groups in total. The van der Waals surface area contributed by atoms with Gasteiger partial charge in [0.1, 0.15) is 0 Å². The second kappa shape index (κ2) is 11.3. The molecular weight excluding hydrogens is 567 g/mol. The van der Waals surface area contributed by atoms with Crippen molar-refractivity contribution in [2.75, 3.05) is 4.90 Å². The summed E-state index contributed by atoms with van der Waals surface area (Å²) in [6, 6.07) is 68.3. The molecule has 1 nitrogen and oxygen atoms in total. The third kappa shape index (κ3) is 4.72. The molecule has 0 bridgehead atoms. The number of hydrogen-bond donors (Lipinski definition) is 0. The average Bonchev–Trinajstić information content (AvgIpc) is 3.15. The Kier molecular flexibility index (Phi) is 6.54. The summed E-state index contributed by atoms with van der Waals surface area (Å²) in [6.07, 6.45) is 0. The van der Waals surface area contributed by atoms with Crippen LogP contribution in [-0.4, -0.2) is 0 Å². The fraction of sp³-hybridized carbons (Fsp3) is 0. The predicted molar refractivity (Wildman–Crippen MR) is 202 cm³/mol. The molecule has 0 amide bonds. The summed E-state index contributed by atoms with van der Waals surface area (Å²) in [6.45, 7) is 0. The van der Waals surface area contributed by atoms with Crippen molar-refractivity contribution in [1.82, 2.24) is 0 Å². The fourth-order valence-corrected chi connectivity index (χ4v) is 7.17. The molecule has 9 aromatic rings. The number of hydrogen-bond acceptors (Lipinski definition) is 1. The van der Waals surface area contributed by atoms with Crippen LogP contribution in [0.5, 0.6) is 0 Å². The molecule has 9 aromatic carbocycles. The second-order valence-corrected chi connectivity index (χ2v) is 12.1. The minimum absolute atomic E-state index is 1.12. The van der Waals surface area contributed by atoms with Crippen molar-refractivity contribution < 1.29 is 0 Å². The van der Waals surface area contributed by atoms with Crippen molar-refractivity contribution >= 4 is 60.2 Å². The van der Waals surface area contributed by atoms with Crippen LogP contribution in [0.4, 0.5) is 17.1 Å². The van der Waals surface area contributed by atoms with Gasteiger partial charge in [-0.1, -0.05) is 158 Å². The average molecular weight is 598 g/mol. The van der Waals surface area contributed by atoms with E-state index in [2.05, 4.69) is 193 Å². The Balaban J connectivity index is 1.22. The Morgan fingerprint density at radius 1 is 0.277 bits per heavy atom. The Labute approximate surface area is 274 Å². The Morgan fingerprint density at radius 3 is 1.68 bits per heavy atom. The molecule has 0 aliphatic heterocycles. The molecule has 0 spiro atoms. The lowest BCUT2D eigenvalue weighted by Crippen LogP contribution is -2.10. The van der Waals surface area contributed by atoms with Gasteiger partial charge in [-0.05, 0) is 90.3 Å². The van der Waals surface area contributed by atoms with Gasteiger partial charge >= 0.3 is 0 Å². The summed E-state index contributed by atoms with van der Waals surface area (Å²) in [5, 5.41) is 10.0. The zero-order valence-electron chi connectivity index (χ0n) is 25.8. The maximum atomic E-state index is 2.41. The van der Waals surface area contributed by atoms with Crippen molar-refractivity contribution in [3.63, 3.8) is 0 Å². The van der Waals surface area contributed by atoms with Crippen LogP contribution in [0.1, 0.15) is 0 Å². The van der Waals surface area contributed by atoms with Gasteiger partial charge < -0.3 is 4.90 Å². The van der Waals surface area contributed by atoms with Crippen molar-refractivity contribution in [3.05, 3.63) is 188 Å². The first-order chi connectivity index (χ1) is 23.3. The van der Waals surface area contributed by atoms with E-state index in [0.29, 0.717) is 0 Å². The minimum atomic E-state index is 1.12. The monoisotopic (exact) mass is 597 g/mol. The van der Waals surface area contributed by atoms with E-state index in [4.69, 9.17) is 0 Å². The molecule has 220 valence electrons. The lowest BCUT2D eigenvalue weighted by atomic mass is 9.94. The summed E-state index contributed by atoms with van der Waals surface area (Å²) in [5.74, 6) is 0. The maximum absolute atomic E-state index is 2.41. The van der Waals surface area contributed by atoms with Crippen LogP contribution in [0.25, 0.3) is 65.3 Å². The topological polar surface area (TPSA) is 3.24 Å². The lowest BCUT2D eigenvalue weighted by Gasteiger charge is -2.28. The predicted octanol–water partition coefficient (Wildman–Crippen LogP) is 13.1. The van der Waals surface area contributed by atoms with Gasteiger partial charge in [0.05, 0.1) is 5.69 Å². The molecule has 0 aromatic heterocycles. The summed E-state index contributed by atoms with van der Waals surface area (Å²) >= 11 is 0. The van der Waals surface area contributed by atoms with E-state index >= 15 is 0 Å². The van der Waals surface area contributed by atoms with E-state index in [1.54, 1.807) is 0 Å². The summed E-state index contributed by atoms with van der Waals surface area (Å²) < 4.78 is 0. The van der Waals surface area contributed by atoms with Crippen LogP contribution in [-0.2, 0) is 0 Å². The Hall–Kier alpha value is -6.18. The highest BCUT2D eigenvalue weighted by atomic mass is 15.1. The van der Waals surface area contributed by atoms with Gasteiger partial charge in [0.2, 0.25) is 0 Å². The van der Waals surface area contributed by atoms with Gasteiger partial charge in [0.15, 0.2) is 0 Å². The summed E-state index contributed by atoms with van der Waals surface area (Å²) in [4.78, 5) is 2.41. The van der Waals surface area contributed by atoms with Crippen LogP contribution in [0.3, 0.4) is 0 Å². The van der Waals surface area contributed by atoms with Gasteiger partial charge in [0.25, 0.3) is 0 Å². The van der Waals surface area contributed by atoms with Gasteiger partial charge in [-0.2, -0.15) is 0 Å². The first-order valence-electron chi connectivity index (χ1n) is 16.2. The highest BCUT2D eigenvalue weighted by Crippen LogP contribution is 2.43. The van der Waals surface area contributed by atoms with Crippen LogP contribution in [0.15, 0.2) is 188 Å². The molecule has 0 saturated heterocycles. The second-order valence-electron chi connectivity index (χ2n) is 12.1. The van der Waals surface area contributed by atoms with Crippen LogP contribution in [0.2, 0.25) is 0 Å². The van der Waals surface area contributed by atoms with E-state index in [1.807, 2.05) is 0 Å². The molecule has 0 aliphatic carbocycles. The lowest BCUT2D eigenvalue weighted by molar-refractivity contribution is 1.30. The zero-order chi connectivity index (χ0) is 31.2. The molecule has 47 heavy (non-hydrogen) atoms. The molecule has 0 radical (unpaired) electrons. The van der Waals surface area contributed by atoms with Crippen molar-refractivity contribution in [2.24, 2.45) is 0 Å². The van der Waals surface area contributed by atoms with Gasteiger partial charge in [0, 0.05) is 16.8 Å². The summed E-state index contributed by atoms with van der Waals surface area (Å²) in [5.41, 5.74) is 8.31. The summed E-state index contributed by atoms with van der Waals surface area (Å²) in [7, 11) is 0. The molecule has 0 unspecified atom stereocenters. The van der Waals surface area contributed by atoms with Crippen LogP contribution in [0, 0.1) is 0 Å². The molecular formula is C46H31N. The quantitative estimate of drug-likeness (QED) is 0.178. The van der Waals surface area contributed by atoms with E-state index in [-0.39, 0.29) is 0 Å². The molecule has 0 fully saturated rings. The number of benzene rings is 9. The molecule has 0 atom stereocenters. The molecule has 1 heteroatoms. The Bertz CT molecular complexity index is 2560. The standard InChI is InChI=1S/C46H31N/c1-2-12-33(13-3-1)41-29-30-46(45-18-9-8-17-43(41)45)47(38-27-21-32-11-4-5-15-36(32)31-38)37-25-22-35(23-26-37)40-19-10-20-42-39-16-7-6-14-34(39)24-28-44(40)42/h1-31H. The molecule has 0 aliphatic rings. The van der Waals surface area contributed by atoms with Crippen molar-refractivity contribution in [1.29, 1.82) is 0 Å². The van der Waals surface area contributed by atoms with E-state index < -0.39 is 0 Å². The highest BCUT2D eigenvalue weighted by molar-refractivity contribution is 6.12. The number of nitrogens with zero attached hydrogens (tertiary/aromatic N) is 1. The smallest absolute Gasteiger partial charge is 0.0540 e. The van der Waals surface area contributed by atoms with Gasteiger partial charge in [-0.25, -0.2) is 0 Å². The number of anilines is 3. The van der Waals surface area contributed by atoms with Gasteiger partial charge in [-0.15, -0.1) is 0 Å². The van der Waals surface area contributed by atoms with E-state index in [9.17, 15) is 0 Å². The molecule has 9 rings (SSSR count). The van der Waals surface area contributed by atoms with E-state index in [0.717, 1.165) is 17.1 Å². The SMILES string of the molecule is c1ccc(-c2ccc(N(c3ccc(-c4cccc5c4ccc4ccccc45)cc3)c3ccc4ccccc4c3)c3ccccc23)cc1. The van der Waals surface area contributed by atoms with Crippen molar-refractivity contribution in [2.45, 2.75) is 0 Å². The Morgan fingerprint density at radius 2 is 0.851 bits per heavy atom. The van der Waals surface area contributed by atoms with Crippen LogP contribution < -0.4 is 4.90 Å². The maximum Gasteiger partial charge on any atom is 0.0540 e. The largest absolute Gasteiger partial charge is 0.310 e. The third-order valence-electron chi connectivity index (χ3n) is 9.44.